The molecule has 0 bridgehead atoms. The van der Waals surface area contributed by atoms with Crippen LogP contribution >= 0.6 is 0 Å². The summed E-state index contributed by atoms with van der Waals surface area (Å²) < 4.78 is 1.85. The average molecular weight is 250 g/mol. The predicted octanol–water partition coefficient (Wildman–Crippen LogP) is 1.76. The minimum absolute atomic E-state index is 0.326. The maximum absolute atomic E-state index is 6.35. The Labute approximate surface area is 110 Å². The molecule has 0 saturated heterocycles. The predicted molar refractivity (Wildman–Crippen MR) is 74.1 cm³/mol. The lowest BCUT2D eigenvalue weighted by molar-refractivity contribution is 0.229. The van der Waals surface area contributed by atoms with Gasteiger partial charge in [-0.15, -0.1) is 0 Å². The third-order valence-electron chi connectivity index (χ3n) is 3.99. The molecule has 1 saturated carbocycles. The van der Waals surface area contributed by atoms with E-state index in [-0.39, 0.29) is 0 Å². The van der Waals surface area contributed by atoms with E-state index in [1.807, 2.05) is 17.9 Å². The van der Waals surface area contributed by atoms with Crippen LogP contribution in [0, 0.1) is 5.92 Å². The molecule has 102 valence electrons. The van der Waals surface area contributed by atoms with Gasteiger partial charge in [-0.3, -0.25) is 4.68 Å². The molecule has 4 heteroatoms. The summed E-state index contributed by atoms with van der Waals surface area (Å²) in [7, 11) is 4.10. The minimum Gasteiger partial charge on any atom is -0.326 e. The van der Waals surface area contributed by atoms with E-state index >= 15 is 0 Å². The van der Waals surface area contributed by atoms with E-state index in [0.717, 1.165) is 19.0 Å². The van der Waals surface area contributed by atoms with Crippen LogP contribution in [0.4, 0.5) is 0 Å². The van der Waals surface area contributed by atoms with E-state index < -0.39 is 0 Å². The molecule has 4 nitrogen and oxygen atoms in total. The van der Waals surface area contributed by atoms with E-state index in [4.69, 9.17) is 5.73 Å². The monoisotopic (exact) mass is 250 g/mol. The molecule has 1 unspecified atom stereocenters. The van der Waals surface area contributed by atoms with Gasteiger partial charge in [-0.25, -0.2) is 0 Å². The van der Waals surface area contributed by atoms with Gasteiger partial charge in [-0.05, 0) is 25.8 Å². The first-order valence-corrected chi connectivity index (χ1v) is 7.07. The molecule has 1 aromatic rings. The van der Waals surface area contributed by atoms with Crippen molar-refractivity contribution in [2.45, 2.75) is 44.7 Å². The Morgan fingerprint density at radius 3 is 2.78 bits per heavy atom. The van der Waals surface area contributed by atoms with Crippen LogP contribution in [-0.4, -0.2) is 34.3 Å². The topological polar surface area (TPSA) is 47.1 Å². The van der Waals surface area contributed by atoms with E-state index in [1.54, 1.807) is 0 Å². The lowest BCUT2D eigenvalue weighted by Crippen LogP contribution is -2.41. The lowest BCUT2D eigenvalue weighted by Gasteiger charge is -2.30. The highest BCUT2D eigenvalue weighted by Gasteiger charge is 2.21. The summed E-state index contributed by atoms with van der Waals surface area (Å²) in [4.78, 5) is 2.32. The molecule has 1 aliphatic carbocycles. The molecule has 0 radical (unpaired) electrons. The van der Waals surface area contributed by atoms with E-state index in [9.17, 15) is 0 Å². The number of aryl methyl sites for hydroxylation is 1. The zero-order chi connectivity index (χ0) is 13.0. The van der Waals surface area contributed by atoms with E-state index in [1.165, 1.54) is 37.7 Å². The third-order valence-corrected chi connectivity index (χ3v) is 3.99. The second-order valence-corrected chi connectivity index (χ2v) is 5.78. The first kappa shape index (κ1) is 13.6. The second kappa shape index (κ2) is 6.34. The van der Waals surface area contributed by atoms with Crippen LogP contribution in [-0.2, 0) is 13.6 Å². The summed E-state index contributed by atoms with van der Waals surface area (Å²) in [5.74, 6) is 0.732. The Hall–Kier alpha value is -0.870. The van der Waals surface area contributed by atoms with Crippen molar-refractivity contribution in [2.75, 3.05) is 13.6 Å². The SMILES string of the molecule is CN(Cc1cnn(C)c1)CC(N)C1CCCCC1. The van der Waals surface area contributed by atoms with Crippen LogP contribution in [0.2, 0.25) is 0 Å². The molecule has 1 aliphatic rings. The van der Waals surface area contributed by atoms with Crippen LogP contribution in [0.15, 0.2) is 12.4 Å². The maximum Gasteiger partial charge on any atom is 0.0534 e. The molecule has 1 aromatic heterocycles. The molecule has 1 atom stereocenters. The highest BCUT2D eigenvalue weighted by Crippen LogP contribution is 2.25. The zero-order valence-electron chi connectivity index (χ0n) is 11.7. The molecule has 0 aromatic carbocycles. The third kappa shape index (κ3) is 3.82. The number of aromatic nitrogens is 2. The van der Waals surface area contributed by atoms with Gasteiger partial charge in [0.2, 0.25) is 0 Å². The zero-order valence-corrected chi connectivity index (χ0v) is 11.7. The Balaban J connectivity index is 1.77. The van der Waals surface area contributed by atoms with Crippen molar-refractivity contribution in [1.29, 1.82) is 0 Å². The van der Waals surface area contributed by atoms with Gasteiger partial charge in [0.1, 0.15) is 0 Å². The molecule has 2 rings (SSSR count). The molecule has 0 aliphatic heterocycles. The van der Waals surface area contributed by atoms with Gasteiger partial charge in [0.15, 0.2) is 0 Å². The summed E-state index contributed by atoms with van der Waals surface area (Å²) in [5, 5.41) is 4.20. The largest absolute Gasteiger partial charge is 0.326 e. The fraction of sp³-hybridized carbons (Fsp3) is 0.786. The van der Waals surface area contributed by atoms with Crippen molar-refractivity contribution in [3.8, 4) is 0 Å². The molecule has 0 spiro atoms. The Bertz CT molecular complexity index is 354. The van der Waals surface area contributed by atoms with Crippen molar-refractivity contribution in [3.63, 3.8) is 0 Å². The van der Waals surface area contributed by atoms with Gasteiger partial charge in [0.05, 0.1) is 6.20 Å². The maximum atomic E-state index is 6.35. The summed E-state index contributed by atoms with van der Waals surface area (Å²) in [6, 6.07) is 0.326. The van der Waals surface area contributed by atoms with Gasteiger partial charge in [-0.2, -0.15) is 5.10 Å². The minimum atomic E-state index is 0.326. The first-order chi connectivity index (χ1) is 8.65. The van der Waals surface area contributed by atoms with Crippen molar-refractivity contribution in [1.82, 2.24) is 14.7 Å². The summed E-state index contributed by atoms with van der Waals surface area (Å²) in [6.07, 6.45) is 10.8. The van der Waals surface area contributed by atoms with Crippen molar-refractivity contribution in [3.05, 3.63) is 18.0 Å². The van der Waals surface area contributed by atoms with Gasteiger partial charge in [-0.1, -0.05) is 19.3 Å². The van der Waals surface area contributed by atoms with Crippen LogP contribution in [0.5, 0.6) is 0 Å². The molecule has 1 heterocycles. The van der Waals surface area contributed by atoms with Crippen molar-refractivity contribution < 1.29 is 0 Å². The molecule has 18 heavy (non-hydrogen) atoms. The van der Waals surface area contributed by atoms with Crippen LogP contribution in [0.1, 0.15) is 37.7 Å². The summed E-state index contributed by atoms with van der Waals surface area (Å²) in [6.45, 7) is 1.92. The van der Waals surface area contributed by atoms with Crippen molar-refractivity contribution in [2.24, 2.45) is 18.7 Å². The quantitative estimate of drug-likeness (QED) is 0.866. The van der Waals surface area contributed by atoms with Crippen LogP contribution < -0.4 is 5.73 Å². The first-order valence-electron chi connectivity index (χ1n) is 7.07. The summed E-state index contributed by atoms with van der Waals surface area (Å²) >= 11 is 0. The Morgan fingerprint density at radius 2 is 2.17 bits per heavy atom. The number of likely N-dealkylation sites (N-methyl/N-ethyl adjacent to an activating group) is 1. The number of nitrogens with zero attached hydrogens (tertiary/aromatic N) is 3. The smallest absolute Gasteiger partial charge is 0.0534 e. The fourth-order valence-electron chi connectivity index (χ4n) is 3.00. The summed E-state index contributed by atoms with van der Waals surface area (Å²) in [5.41, 5.74) is 7.61. The average Bonchev–Trinajstić information content (AvgIpc) is 2.75. The fourth-order valence-corrected chi connectivity index (χ4v) is 3.00. The number of rotatable bonds is 5. The van der Waals surface area contributed by atoms with Crippen LogP contribution in [0.3, 0.4) is 0 Å². The van der Waals surface area contributed by atoms with Crippen LogP contribution in [0.25, 0.3) is 0 Å². The highest BCUT2D eigenvalue weighted by atomic mass is 15.2. The highest BCUT2D eigenvalue weighted by molar-refractivity contribution is 5.03. The lowest BCUT2D eigenvalue weighted by atomic mass is 9.84. The van der Waals surface area contributed by atoms with Gasteiger partial charge in [0.25, 0.3) is 0 Å². The number of hydrogen-bond donors (Lipinski definition) is 1. The Morgan fingerprint density at radius 1 is 1.44 bits per heavy atom. The molecular weight excluding hydrogens is 224 g/mol. The molecule has 1 fully saturated rings. The van der Waals surface area contributed by atoms with Gasteiger partial charge in [0, 0.05) is 37.9 Å². The normalized spacial score (nSPS) is 19.3. The Kier molecular flexibility index (Phi) is 4.78. The van der Waals surface area contributed by atoms with E-state index in [0.29, 0.717) is 6.04 Å². The van der Waals surface area contributed by atoms with Gasteiger partial charge >= 0.3 is 0 Å². The number of hydrogen-bond acceptors (Lipinski definition) is 3. The molecule has 0 amide bonds. The van der Waals surface area contributed by atoms with E-state index in [2.05, 4.69) is 23.2 Å². The number of nitrogens with two attached hydrogens (primary N) is 1. The van der Waals surface area contributed by atoms with Crippen molar-refractivity contribution >= 4 is 0 Å². The second-order valence-electron chi connectivity index (χ2n) is 5.78. The molecule has 2 N–H and O–H groups in total. The standard InChI is InChI=1S/C14H26N4/c1-17(9-12-8-16-18(2)10-12)11-14(15)13-6-4-3-5-7-13/h8,10,13-14H,3-7,9,11,15H2,1-2H3. The van der Waals surface area contributed by atoms with Gasteiger partial charge < -0.3 is 10.6 Å². The molecular formula is C14H26N4.